The molecule has 0 saturated heterocycles. The Morgan fingerprint density at radius 2 is 2.00 bits per heavy atom. The number of hydrogen-bond acceptors (Lipinski definition) is 4. The van der Waals surface area contributed by atoms with Gasteiger partial charge in [-0.05, 0) is 38.6 Å². The Bertz CT molecular complexity index is 190. The van der Waals surface area contributed by atoms with Crippen LogP contribution in [0.15, 0.2) is 0 Å². The summed E-state index contributed by atoms with van der Waals surface area (Å²) >= 11 is 0. The minimum atomic E-state index is 0.388. The average molecular weight is 259 g/mol. The monoisotopic (exact) mass is 259 g/mol. The Morgan fingerprint density at radius 3 is 2.78 bits per heavy atom. The van der Waals surface area contributed by atoms with Gasteiger partial charge in [0.25, 0.3) is 0 Å². The van der Waals surface area contributed by atoms with Crippen LogP contribution in [0.4, 0.5) is 0 Å². The molecule has 1 saturated carbocycles. The van der Waals surface area contributed by atoms with Gasteiger partial charge in [-0.3, -0.25) is 0 Å². The number of ether oxygens (including phenoxy) is 3. The summed E-state index contributed by atoms with van der Waals surface area (Å²) in [5.41, 5.74) is 0. The third kappa shape index (κ3) is 6.69. The fraction of sp³-hybridized carbons (Fsp3) is 1.00. The first kappa shape index (κ1) is 15.9. The fourth-order valence-corrected chi connectivity index (χ4v) is 2.35. The van der Waals surface area contributed by atoms with Crippen LogP contribution in [0.25, 0.3) is 0 Å². The van der Waals surface area contributed by atoms with Gasteiger partial charge in [0.15, 0.2) is 0 Å². The van der Waals surface area contributed by atoms with Gasteiger partial charge in [-0.15, -0.1) is 0 Å². The number of rotatable bonds is 11. The topological polar surface area (TPSA) is 39.7 Å². The van der Waals surface area contributed by atoms with E-state index in [-0.39, 0.29) is 0 Å². The standard InChI is InChI=1S/C14H29NO3/c1-3-8-15-13-6-4-7-14(13)18-12-11-17-10-5-9-16-2/h13-15H,3-12H2,1-2H3. The van der Waals surface area contributed by atoms with Gasteiger partial charge in [0.2, 0.25) is 0 Å². The van der Waals surface area contributed by atoms with Gasteiger partial charge in [0.05, 0.1) is 19.3 Å². The molecule has 1 fully saturated rings. The number of methoxy groups -OCH3 is 1. The van der Waals surface area contributed by atoms with Crippen molar-refractivity contribution in [3.05, 3.63) is 0 Å². The molecule has 1 rings (SSSR count). The second kappa shape index (κ2) is 10.7. The molecule has 2 unspecified atom stereocenters. The maximum atomic E-state index is 5.90. The third-order valence-electron chi connectivity index (χ3n) is 3.31. The molecule has 0 heterocycles. The van der Waals surface area contributed by atoms with Crippen LogP contribution in [0.5, 0.6) is 0 Å². The molecule has 108 valence electrons. The summed E-state index contributed by atoms with van der Waals surface area (Å²) in [6, 6.07) is 0.554. The molecule has 0 radical (unpaired) electrons. The summed E-state index contributed by atoms with van der Waals surface area (Å²) in [6.45, 7) is 6.23. The van der Waals surface area contributed by atoms with E-state index in [0.717, 1.165) is 26.2 Å². The minimum absolute atomic E-state index is 0.388. The molecule has 0 aromatic rings. The quantitative estimate of drug-likeness (QED) is 0.576. The zero-order valence-corrected chi connectivity index (χ0v) is 12.0. The molecular weight excluding hydrogens is 230 g/mol. The largest absolute Gasteiger partial charge is 0.385 e. The second-order valence-electron chi connectivity index (χ2n) is 4.86. The Hall–Kier alpha value is -0.160. The van der Waals surface area contributed by atoms with Gasteiger partial charge in [-0.2, -0.15) is 0 Å². The van der Waals surface area contributed by atoms with E-state index >= 15 is 0 Å². The van der Waals surface area contributed by atoms with Gasteiger partial charge in [0.1, 0.15) is 0 Å². The molecule has 0 spiro atoms. The normalized spacial score (nSPS) is 23.7. The molecular formula is C14H29NO3. The Balaban J connectivity index is 1.97. The molecule has 0 bridgehead atoms. The maximum absolute atomic E-state index is 5.90. The van der Waals surface area contributed by atoms with Crippen molar-refractivity contribution in [1.82, 2.24) is 5.32 Å². The zero-order chi connectivity index (χ0) is 13.1. The van der Waals surface area contributed by atoms with Crippen molar-refractivity contribution in [2.45, 2.75) is 51.2 Å². The molecule has 1 N–H and O–H groups in total. The Kier molecular flexibility index (Phi) is 9.48. The molecule has 4 heteroatoms. The van der Waals surface area contributed by atoms with Gasteiger partial charge >= 0.3 is 0 Å². The van der Waals surface area contributed by atoms with E-state index in [1.54, 1.807) is 7.11 Å². The van der Waals surface area contributed by atoms with Crippen LogP contribution in [0.2, 0.25) is 0 Å². The summed E-state index contributed by atoms with van der Waals surface area (Å²) < 4.78 is 16.3. The van der Waals surface area contributed by atoms with Gasteiger partial charge < -0.3 is 19.5 Å². The Labute approximate surface area is 111 Å². The lowest BCUT2D eigenvalue weighted by molar-refractivity contribution is -0.00559. The highest BCUT2D eigenvalue weighted by molar-refractivity contribution is 4.83. The zero-order valence-electron chi connectivity index (χ0n) is 12.0. The van der Waals surface area contributed by atoms with Gasteiger partial charge in [-0.25, -0.2) is 0 Å². The first-order valence-corrected chi connectivity index (χ1v) is 7.30. The van der Waals surface area contributed by atoms with E-state index in [1.807, 2.05) is 0 Å². The van der Waals surface area contributed by atoms with E-state index in [4.69, 9.17) is 14.2 Å². The predicted molar refractivity (Wildman–Crippen MR) is 73.0 cm³/mol. The average Bonchev–Trinajstić information content (AvgIpc) is 2.83. The molecule has 0 amide bonds. The smallest absolute Gasteiger partial charge is 0.0729 e. The highest BCUT2D eigenvalue weighted by atomic mass is 16.5. The summed E-state index contributed by atoms with van der Waals surface area (Å²) in [4.78, 5) is 0. The van der Waals surface area contributed by atoms with Crippen molar-refractivity contribution < 1.29 is 14.2 Å². The van der Waals surface area contributed by atoms with Gasteiger partial charge in [0, 0.05) is 26.4 Å². The molecule has 18 heavy (non-hydrogen) atoms. The van der Waals surface area contributed by atoms with Crippen molar-refractivity contribution in [2.24, 2.45) is 0 Å². The van der Waals surface area contributed by atoms with E-state index in [1.165, 1.54) is 25.7 Å². The predicted octanol–water partition coefficient (Wildman–Crippen LogP) is 1.98. The summed E-state index contributed by atoms with van der Waals surface area (Å²) in [7, 11) is 1.71. The highest BCUT2D eigenvalue weighted by Gasteiger charge is 2.26. The Morgan fingerprint density at radius 1 is 1.11 bits per heavy atom. The molecule has 0 aliphatic heterocycles. The molecule has 0 aromatic heterocycles. The van der Waals surface area contributed by atoms with E-state index in [9.17, 15) is 0 Å². The SMILES string of the molecule is CCCNC1CCCC1OCCOCCCOC. The fourth-order valence-electron chi connectivity index (χ4n) is 2.35. The number of nitrogens with one attached hydrogen (secondary N) is 1. The molecule has 2 atom stereocenters. The molecule has 1 aliphatic rings. The first-order chi connectivity index (χ1) is 8.88. The molecule has 1 aliphatic carbocycles. The van der Waals surface area contributed by atoms with Crippen molar-refractivity contribution in [3.8, 4) is 0 Å². The van der Waals surface area contributed by atoms with Crippen LogP contribution in [0, 0.1) is 0 Å². The second-order valence-corrected chi connectivity index (χ2v) is 4.86. The van der Waals surface area contributed by atoms with Crippen molar-refractivity contribution in [2.75, 3.05) is 40.1 Å². The number of hydrogen-bond donors (Lipinski definition) is 1. The minimum Gasteiger partial charge on any atom is -0.385 e. The lowest BCUT2D eigenvalue weighted by atomic mass is 10.2. The summed E-state index contributed by atoms with van der Waals surface area (Å²) in [5.74, 6) is 0. The highest BCUT2D eigenvalue weighted by Crippen LogP contribution is 2.21. The van der Waals surface area contributed by atoms with Crippen molar-refractivity contribution in [1.29, 1.82) is 0 Å². The lowest BCUT2D eigenvalue weighted by Crippen LogP contribution is -2.38. The molecule has 0 aromatic carbocycles. The van der Waals surface area contributed by atoms with Crippen LogP contribution < -0.4 is 5.32 Å². The van der Waals surface area contributed by atoms with Crippen LogP contribution in [0.1, 0.15) is 39.0 Å². The summed E-state index contributed by atoms with van der Waals surface area (Å²) in [5, 5.41) is 3.57. The van der Waals surface area contributed by atoms with Crippen LogP contribution in [-0.2, 0) is 14.2 Å². The van der Waals surface area contributed by atoms with Crippen LogP contribution in [-0.4, -0.2) is 52.2 Å². The lowest BCUT2D eigenvalue weighted by Gasteiger charge is -2.21. The van der Waals surface area contributed by atoms with Crippen molar-refractivity contribution >= 4 is 0 Å². The molecule has 4 nitrogen and oxygen atoms in total. The maximum Gasteiger partial charge on any atom is 0.0729 e. The van der Waals surface area contributed by atoms with Crippen LogP contribution >= 0.6 is 0 Å². The van der Waals surface area contributed by atoms with E-state index in [2.05, 4.69) is 12.2 Å². The first-order valence-electron chi connectivity index (χ1n) is 7.30. The van der Waals surface area contributed by atoms with Crippen LogP contribution in [0.3, 0.4) is 0 Å². The van der Waals surface area contributed by atoms with Gasteiger partial charge in [-0.1, -0.05) is 6.92 Å². The van der Waals surface area contributed by atoms with E-state index < -0.39 is 0 Å². The summed E-state index contributed by atoms with van der Waals surface area (Å²) in [6.07, 6.45) is 6.25. The van der Waals surface area contributed by atoms with Crippen molar-refractivity contribution in [3.63, 3.8) is 0 Å². The third-order valence-corrected chi connectivity index (χ3v) is 3.31. The van der Waals surface area contributed by atoms with E-state index in [0.29, 0.717) is 25.4 Å².